The van der Waals surface area contributed by atoms with Crippen LogP contribution < -0.4 is 10.2 Å². The predicted octanol–water partition coefficient (Wildman–Crippen LogP) is 4.74. The van der Waals surface area contributed by atoms with E-state index in [2.05, 4.69) is 10.3 Å². The summed E-state index contributed by atoms with van der Waals surface area (Å²) in [5.41, 5.74) is 3.30. The molecule has 160 valence electrons. The summed E-state index contributed by atoms with van der Waals surface area (Å²) in [7, 11) is 0. The minimum absolute atomic E-state index is 0.130. The van der Waals surface area contributed by atoms with Gasteiger partial charge in [-0.3, -0.25) is 19.5 Å². The van der Waals surface area contributed by atoms with Crippen molar-refractivity contribution in [3.63, 3.8) is 0 Å². The van der Waals surface area contributed by atoms with Crippen molar-refractivity contribution >= 4 is 17.5 Å². The van der Waals surface area contributed by atoms with Crippen LogP contribution in [0.2, 0.25) is 0 Å². The molecule has 0 radical (unpaired) electrons. The highest BCUT2D eigenvalue weighted by Crippen LogP contribution is 2.33. The maximum atomic E-state index is 13.7. The predicted molar refractivity (Wildman–Crippen MR) is 119 cm³/mol. The van der Waals surface area contributed by atoms with Crippen LogP contribution in [0.4, 0.5) is 5.69 Å². The van der Waals surface area contributed by atoms with E-state index in [-0.39, 0.29) is 23.6 Å². The number of anilines is 1. The molecule has 6 heteroatoms. The van der Waals surface area contributed by atoms with Crippen LogP contribution in [0.1, 0.15) is 59.0 Å². The quantitative estimate of drug-likeness (QED) is 0.629. The number of amides is 2. The number of benzene rings is 1. The van der Waals surface area contributed by atoms with Crippen LogP contribution in [-0.2, 0) is 4.79 Å². The highest BCUT2D eigenvalue weighted by molar-refractivity contribution is 6.09. The number of hydrogen-bond acceptors (Lipinski definition) is 4. The molecule has 1 atom stereocenters. The fourth-order valence-electron chi connectivity index (χ4n) is 4.19. The minimum Gasteiger partial charge on any atom is -0.459 e. The Morgan fingerprint density at radius 1 is 1.10 bits per heavy atom. The van der Waals surface area contributed by atoms with Crippen LogP contribution in [0.5, 0.6) is 0 Å². The van der Waals surface area contributed by atoms with Crippen LogP contribution in [0, 0.1) is 13.8 Å². The normalized spacial score (nSPS) is 14.9. The van der Waals surface area contributed by atoms with Crippen molar-refractivity contribution < 1.29 is 14.0 Å². The molecule has 2 aromatic heterocycles. The second-order valence-corrected chi connectivity index (χ2v) is 8.05. The molecule has 1 fully saturated rings. The molecule has 4 rings (SSSR count). The van der Waals surface area contributed by atoms with E-state index in [0.29, 0.717) is 11.3 Å². The number of furan rings is 1. The summed E-state index contributed by atoms with van der Waals surface area (Å²) in [6, 6.07) is 11.9. The van der Waals surface area contributed by atoms with Gasteiger partial charge >= 0.3 is 0 Å². The Labute approximate surface area is 182 Å². The van der Waals surface area contributed by atoms with Gasteiger partial charge in [-0.25, -0.2) is 0 Å². The Balaban J connectivity index is 1.83. The Kier molecular flexibility index (Phi) is 6.16. The van der Waals surface area contributed by atoms with Gasteiger partial charge in [0.05, 0.1) is 6.26 Å². The number of nitrogens with zero attached hydrogens (tertiary/aromatic N) is 2. The van der Waals surface area contributed by atoms with Gasteiger partial charge in [0.2, 0.25) is 5.91 Å². The fourth-order valence-corrected chi connectivity index (χ4v) is 4.19. The van der Waals surface area contributed by atoms with E-state index in [9.17, 15) is 9.59 Å². The van der Waals surface area contributed by atoms with Gasteiger partial charge in [0.15, 0.2) is 5.76 Å². The van der Waals surface area contributed by atoms with E-state index in [4.69, 9.17) is 4.42 Å². The molecule has 1 N–H and O–H groups in total. The Morgan fingerprint density at radius 3 is 2.58 bits per heavy atom. The van der Waals surface area contributed by atoms with Crippen molar-refractivity contribution in [3.05, 3.63) is 83.6 Å². The monoisotopic (exact) mass is 417 g/mol. The summed E-state index contributed by atoms with van der Waals surface area (Å²) in [5.74, 6) is -0.390. The first-order valence-corrected chi connectivity index (χ1v) is 10.7. The zero-order valence-electron chi connectivity index (χ0n) is 17.9. The Hall–Kier alpha value is -3.41. The molecule has 2 heterocycles. The second-order valence-electron chi connectivity index (χ2n) is 8.05. The third-order valence-corrected chi connectivity index (χ3v) is 5.99. The first-order chi connectivity index (χ1) is 15.1. The van der Waals surface area contributed by atoms with Crippen LogP contribution in [-0.4, -0.2) is 22.8 Å². The lowest BCUT2D eigenvalue weighted by atomic mass is 10.0. The number of rotatable bonds is 6. The molecule has 1 aliphatic rings. The van der Waals surface area contributed by atoms with Gasteiger partial charge in [0.25, 0.3) is 5.91 Å². The lowest BCUT2D eigenvalue weighted by Crippen LogP contribution is -2.46. The summed E-state index contributed by atoms with van der Waals surface area (Å²) < 4.78 is 5.43. The van der Waals surface area contributed by atoms with E-state index in [1.807, 2.05) is 38.1 Å². The number of aromatic nitrogens is 1. The van der Waals surface area contributed by atoms with Crippen molar-refractivity contribution in [3.8, 4) is 0 Å². The summed E-state index contributed by atoms with van der Waals surface area (Å²) in [5, 5.41) is 3.17. The number of nitrogens with one attached hydrogen (secondary N) is 1. The van der Waals surface area contributed by atoms with Crippen molar-refractivity contribution in [1.29, 1.82) is 0 Å². The van der Waals surface area contributed by atoms with Crippen LogP contribution in [0.25, 0.3) is 0 Å². The van der Waals surface area contributed by atoms with Gasteiger partial charge in [-0.2, -0.15) is 0 Å². The van der Waals surface area contributed by atoms with Crippen LogP contribution in [0.3, 0.4) is 0 Å². The number of hydrogen-bond donors (Lipinski definition) is 1. The molecule has 0 saturated heterocycles. The van der Waals surface area contributed by atoms with E-state index in [1.54, 1.807) is 35.5 Å². The fraction of sp³-hybridized carbons (Fsp3) is 0.320. The van der Waals surface area contributed by atoms with E-state index >= 15 is 0 Å². The number of carbonyl (C=O) groups is 2. The van der Waals surface area contributed by atoms with Gasteiger partial charge in [-0.15, -0.1) is 0 Å². The first kappa shape index (κ1) is 20.8. The van der Waals surface area contributed by atoms with Crippen LogP contribution >= 0.6 is 0 Å². The standard InChI is InChI=1S/C25H27N3O3/c1-17-8-5-12-21(18(17)2)28(25(30)22-13-7-15-31-22)23(19-9-6-14-26-16-19)24(29)27-20-10-3-4-11-20/h5-9,12-16,20,23H,3-4,10-11H2,1-2H3,(H,27,29)/t23-/m1/s1. The Morgan fingerprint density at radius 2 is 1.90 bits per heavy atom. The molecule has 0 bridgehead atoms. The van der Waals surface area contributed by atoms with E-state index in [1.165, 1.54) is 6.26 Å². The molecular weight excluding hydrogens is 390 g/mol. The van der Waals surface area contributed by atoms with Crippen LogP contribution in [0.15, 0.2) is 65.5 Å². The summed E-state index contributed by atoms with van der Waals surface area (Å²) >= 11 is 0. The molecule has 3 aromatic rings. The van der Waals surface area contributed by atoms with E-state index in [0.717, 1.165) is 36.8 Å². The lowest BCUT2D eigenvalue weighted by molar-refractivity contribution is -0.123. The molecule has 31 heavy (non-hydrogen) atoms. The van der Waals surface area contributed by atoms with E-state index < -0.39 is 6.04 Å². The third kappa shape index (κ3) is 4.38. The maximum Gasteiger partial charge on any atom is 0.294 e. The largest absolute Gasteiger partial charge is 0.459 e. The van der Waals surface area contributed by atoms with Gasteiger partial charge in [0.1, 0.15) is 6.04 Å². The molecule has 0 unspecified atom stereocenters. The van der Waals surface area contributed by atoms with Gasteiger partial charge < -0.3 is 9.73 Å². The number of pyridine rings is 1. The smallest absolute Gasteiger partial charge is 0.294 e. The zero-order chi connectivity index (χ0) is 21.8. The Bertz CT molecular complexity index is 1040. The minimum atomic E-state index is -0.868. The molecule has 2 amide bonds. The van der Waals surface area contributed by atoms with Crippen molar-refractivity contribution in [2.24, 2.45) is 0 Å². The molecule has 1 aromatic carbocycles. The zero-order valence-corrected chi connectivity index (χ0v) is 17.9. The molecule has 0 spiro atoms. The van der Waals surface area contributed by atoms with Crippen molar-refractivity contribution in [2.45, 2.75) is 51.6 Å². The molecular formula is C25H27N3O3. The summed E-state index contributed by atoms with van der Waals surface area (Å²) in [4.78, 5) is 33.0. The topological polar surface area (TPSA) is 75.4 Å². The average Bonchev–Trinajstić information content (AvgIpc) is 3.49. The number of carbonyl (C=O) groups excluding carboxylic acids is 2. The molecule has 1 saturated carbocycles. The highest BCUT2D eigenvalue weighted by atomic mass is 16.3. The number of aryl methyl sites for hydroxylation is 1. The van der Waals surface area contributed by atoms with Gasteiger partial charge in [0, 0.05) is 29.7 Å². The van der Waals surface area contributed by atoms with Crippen molar-refractivity contribution in [1.82, 2.24) is 10.3 Å². The second kappa shape index (κ2) is 9.16. The maximum absolute atomic E-state index is 13.7. The molecule has 1 aliphatic carbocycles. The summed E-state index contributed by atoms with van der Waals surface area (Å²) in [6.07, 6.45) is 8.90. The van der Waals surface area contributed by atoms with Gasteiger partial charge in [-0.1, -0.05) is 31.0 Å². The first-order valence-electron chi connectivity index (χ1n) is 10.7. The molecule has 0 aliphatic heterocycles. The SMILES string of the molecule is Cc1cccc(N(C(=O)c2ccco2)[C@@H](C(=O)NC2CCCC2)c2cccnc2)c1C. The average molecular weight is 418 g/mol. The highest BCUT2D eigenvalue weighted by Gasteiger charge is 2.36. The van der Waals surface area contributed by atoms with Crippen molar-refractivity contribution in [2.75, 3.05) is 4.90 Å². The molecule has 6 nitrogen and oxygen atoms in total. The summed E-state index contributed by atoms with van der Waals surface area (Å²) in [6.45, 7) is 3.95. The lowest BCUT2D eigenvalue weighted by Gasteiger charge is -2.33. The third-order valence-electron chi connectivity index (χ3n) is 5.99. The van der Waals surface area contributed by atoms with Gasteiger partial charge in [-0.05, 0) is 62.1 Å².